The van der Waals surface area contributed by atoms with Crippen LogP contribution in [0.2, 0.25) is 0 Å². The van der Waals surface area contributed by atoms with Crippen LogP contribution in [-0.4, -0.2) is 47.8 Å². The quantitative estimate of drug-likeness (QED) is 0.592. The van der Waals surface area contributed by atoms with Gasteiger partial charge in [-0.05, 0) is 12.8 Å². The average Bonchev–Trinajstić information content (AvgIpc) is 2.17. The van der Waals surface area contributed by atoms with Gasteiger partial charge in [-0.3, -0.25) is 0 Å². The van der Waals surface area contributed by atoms with E-state index in [2.05, 4.69) is 0 Å². The molecular formula is C9H16O4. The molecule has 2 aliphatic rings. The van der Waals surface area contributed by atoms with Crippen molar-refractivity contribution < 1.29 is 19.7 Å². The fraction of sp³-hybridized carbons (Fsp3) is 1.00. The van der Waals surface area contributed by atoms with E-state index in [0.29, 0.717) is 6.42 Å². The molecule has 4 heteroatoms. The maximum Gasteiger partial charge on any atom is 0.107 e. The van der Waals surface area contributed by atoms with E-state index >= 15 is 0 Å². The van der Waals surface area contributed by atoms with Crippen LogP contribution in [0.3, 0.4) is 0 Å². The second-order valence-corrected chi connectivity index (χ2v) is 3.75. The highest BCUT2D eigenvalue weighted by Gasteiger charge is 2.38. The van der Waals surface area contributed by atoms with Crippen molar-refractivity contribution in [1.82, 2.24) is 0 Å². The molecule has 0 amide bonds. The maximum absolute atomic E-state index is 9.54. The first-order valence-corrected chi connectivity index (χ1v) is 4.87. The Kier molecular flexibility index (Phi) is 2.83. The topological polar surface area (TPSA) is 58.9 Å². The Hall–Kier alpha value is -0.160. The summed E-state index contributed by atoms with van der Waals surface area (Å²) in [7, 11) is 0. The zero-order valence-corrected chi connectivity index (χ0v) is 7.56. The second kappa shape index (κ2) is 3.92. The summed E-state index contributed by atoms with van der Waals surface area (Å²) in [5.41, 5.74) is 0. The van der Waals surface area contributed by atoms with Crippen molar-refractivity contribution in [2.24, 2.45) is 0 Å². The Labute approximate surface area is 77.5 Å². The normalized spacial score (nSPS) is 45.7. The van der Waals surface area contributed by atoms with E-state index in [-0.39, 0.29) is 18.8 Å². The fourth-order valence-electron chi connectivity index (χ4n) is 2.06. The Bertz CT molecular complexity index is 173. The van der Waals surface area contributed by atoms with Crippen LogP contribution in [0, 0.1) is 0 Å². The molecule has 4 nitrogen and oxygen atoms in total. The molecule has 0 saturated carbocycles. The molecular weight excluding hydrogens is 172 g/mol. The minimum absolute atomic E-state index is 0.0338. The lowest BCUT2D eigenvalue weighted by Gasteiger charge is -2.41. The molecule has 2 fully saturated rings. The van der Waals surface area contributed by atoms with Crippen molar-refractivity contribution in [3.8, 4) is 0 Å². The molecule has 0 bridgehead atoms. The van der Waals surface area contributed by atoms with Gasteiger partial charge in [0.25, 0.3) is 0 Å². The standard InChI is InChI=1S/C9H16O4/c10-5-9-6(11)4-8-7(13-9)2-1-3-12-8/h6-11H,1-5H2/t6-,7-,8+,9+/m0/s1. The minimum Gasteiger partial charge on any atom is -0.394 e. The van der Waals surface area contributed by atoms with Gasteiger partial charge in [0.1, 0.15) is 6.10 Å². The molecule has 0 aromatic heterocycles. The van der Waals surface area contributed by atoms with E-state index in [1.54, 1.807) is 0 Å². The van der Waals surface area contributed by atoms with Gasteiger partial charge in [0.2, 0.25) is 0 Å². The van der Waals surface area contributed by atoms with E-state index < -0.39 is 12.2 Å². The maximum atomic E-state index is 9.54. The first-order chi connectivity index (χ1) is 6.31. The number of rotatable bonds is 1. The van der Waals surface area contributed by atoms with E-state index in [1.807, 2.05) is 0 Å². The van der Waals surface area contributed by atoms with E-state index in [0.717, 1.165) is 19.4 Å². The van der Waals surface area contributed by atoms with Crippen LogP contribution >= 0.6 is 0 Å². The van der Waals surface area contributed by atoms with Crippen LogP contribution in [0.25, 0.3) is 0 Å². The van der Waals surface area contributed by atoms with Gasteiger partial charge in [0.05, 0.1) is 24.9 Å². The number of fused-ring (bicyclic) bond motifs is 1. The third-order valence-electron chi connectivity index (χ3n) is 2.81. The van der Waals surface area contributed by atoms with Crippen molar-refractivity contribution in [1.29, 1.82) is 0 Å². The van der Waals surface area contributed by atoms with Crippen LogP contribution in [0.1, 0.15) is 19.3 Å². The average molecular weight is 188 g/mol. The molecule has 13 heavy (non-hydrogen) atoms. The third-order valence-corrected chi connectivity index (χ3v) is 2.81. The fourth-order valence-corrected chi connectivity index (χ4v) is 2.06. The van der Waals surface area contributed by atoms with Gasteiger partial charge in [0.15, 0.2) is 0 Å². The van der Waals surface area contributed by atoms with Gasteiger partial charge in [-0.2, -0.15) is 0 Å². The zero-order valence-electron chi connectivity index (χ0n) is 7.56. The summed E-state index contributed by atoms with van der Waals surface area (Å²) >= 11 is 0. The molecule has 2 heterocycles. The SMILES string of the molecule is OC[C@H]1O[C@H]2CCCO[C@@H]2C[C@@H]1O. The third kappa shape index (κ3) is 1.86. The van der Waals surface area contributed by atoms with Gasteiger partial charge < -0.3 is 19.7 Å². The summed E-state index contributed by atoms with van der Waals surface area (Å²) in [4.78, 5) is 0. The van der Waals surface area contributed by atoms with E-state index in [1.165, 1.54) is 0 Å². The first-order valence-electron chi connectivity index (χ1n) is 4.87. The van der Waals surface area contributed by atoms with Crippen molar-refractivity contribution in [3.63, 3.8) is 0 Å². The lowest BCUT2D eigenvalue weighted by atomic mass is 9.94. The number of aliphatic hydroxyl groups excluding tert-OH is 2. The van der Waals surface area contributed by atoms with Gasteiger partial charge in [-0.15, -0.1) is 0 Å². The predicted molar refractivity (Wildman–Crippen MR) is 45.3 cm³/mol. The number of hydrogen-bond acceptors (Lipinski definition) is 4. The summed E-state index contributed by atoms with van der Waals surface area (Å²) in [5, 5.41) is 18.5. The second-order valence-electron chi connectivity index (χ2n) is 3.75. The van der Waals surface area contributed by atoms with Crippen molar-refractivity contribution in [2.75, 3.05) is 13.2 Å². The minimum atomic E-state index is -0.579. The zero-order chi connectivity index (χ0) is 9.26. The van der Waals surface area contributed by atoms with Crippen LogP contribution < -0.4 is 0 Å². The number of hydrogen-bond donors (Lipinski definition) is 2. The molecule has 0 spiro atoms. The highest BCUT2D eigenvalue weighted by molar-refractivity contribution is 4.87. The number of aliphatic hydroxyl groups is 2. The van der Waals surface area contributed by atoms with Crippen molar-refractivity contribution in [2.45, 2.75) is 43.7 Å². The monoisotopic (exact) mass is 188 g/mol. The number of ether oxygens (including phenoxy) is 2. The molecule has 76 valence electrons. The summed E-state index contributed by atoms with van der Waals surface area (Å²) < 4.78 is 11.0. The molecule has 0 aliphatic carbocycles. The molecule has 2 rings (SSSR count). The lowest BCUT2D eigenvalue weighted by Crippen LogP contribution is -2.51. The Balaban J connectivity index is 1.97. The smallest absolute Gasteiger partial charge is 0.107 e. The van der Waals surface area contributed by atoms with Crippen molar-refractivity contribution >= 4 is 0 Å². The molecule has 0 unspecified atom stereocenters. The highest BCUT2D eigenvalue weighted by Crippen LogP contribution is 2.28. The molecule has 0 aromatic rings. The predicted octanol–water partition coefficient (Wildman–Crippen LogP) is -0.324. The summed E-state index contributed by atoms with van der Waals surface area (Å²) in [6, 6.07) is 0. The molecule has 2 aliphatic heterocycles. The van der Waals surface area contributed by atoms with Crippen LogP contribution in [0.4, 0.5) is 0 Å². The molecule has 2 saturated heterocycles. The summed E-state index contributed by atoms with van der Waals surface area (Å²) in [6.07, 6.45) is 1.70. The molecule has 0 aromatic carbocycles. The van der Waals surface area contributed by atoms with Crippen molar-refractivity contribution in [3.05, 3.63) is 0 Å². The van der Waals surface area contributed by atoms with Gasteiger partial charge in [-0.1, -0.05) is 0 Å². The van der Waals surface area contributed by atoms with Crippen LogP contribution in [0.5, 0.6) is 0 Å². The summed E-state index contributed by atoms with van der Waals surface area (Å²) in [6.45, 7) is 0.658. The molecule has 4 atom stereocenters. The Morgan fingerprint density at radius 2 is 2.15 bits per heavy atom. The molecule has 0 radical (unpaired) electrons. The van der Waals surface area contributed by atoms with E-state index in [9.17, 15) is 5.11 Å². The van der Waals surface area contributed by atoms with E-state index in [4.69, 9.17) is 14.6 Å². The van der Waals surface area contributed by atoms with Gasteiger partial charge in [0, 0.05) is 13.0 Å². The van der Waals surface area contributed by atoms with Crippen LogP contribution in [0.15, 0.2) is 0 Å². The first kappa shape index (κ1) is 9.40. The Morgan fingerprint density at radius 3 is 2.92 bits per heavy atom. The Morgan fingerprint density at radius 1 is 1.31 bits per heavy atom. The van der Waals surface area contributed by atoms with Gasteiger partial charge in [-0.25, -0.2) is 0 Å². The highest BCUT2D eigenvalue weighted by atomic mass is 16.6. The lowest BCUT2D eigenvalue weighted by molar-refractivity contribution is -0.209. The summed E-state index contributed by atoms with van der Waals surface area (Å²) in [5.74, 6) is 0. The van der Waals surface area contributed by atoms with Gasteiger partial charge >= 0.3 is 0 Å². The largest absolute Gasteiger partial charge is 0.394 e. The molecule has 2 N–H and O–H groups in total. The van der Waals surface area contributed by atoms with Crippen LogP contribution in [-0.2, 0) is 9.47 Å².